The van der Waals surface area contributed by atoms with E-state index in [9.17, 15) is 114 Å². The van der Waals surface area contributed by atoms with E-state index in [1.54, 1.807) is 15.9 Å². The van der Waals surface area contributed by atoms with Crippen LogP contribution in [0, 0.1) is 64.0 Å². The Morgan fingerprint density at radius 1 is 0.318 bits per heavy atom. The molecule has 0 aromatic heterocycles. The molecule has 3 aromatic rings. The molecule has 0 aliphatic heterocycles. The standard InChI is InChI=1S/C34H14BrF27O4/c1-3-9-12(36)18(42)20(44)23(14(9)38)63-5-27(47,48)31(55,56)33(59,60)29(51,52)7-65-25-16(40)11(35)17(41)26(22(25)46)66-8-30(53,54)34(61,62)32(57,58)28(49,50)6-64-24-15(39)10(4-2)13(37)19(43)21(24)45/h3-4H,1-2,5-8H2. The van der Waals surface area contributed by atoms with Crippen LogP contribution in [0.5, 0.6) is 23.0 Å². The van der Waals surface area contributed by atoms with Crippen molar-refractivity contribution in [2.24, 2.45) is 0 Å². The first-order chi connectivity index (χ1) is 29.7. The SMILES string of the molecule is C=Cc1c(F)c(F)c(F)c(OCC(F)(F)C(F)(F)C(F)(F)C(F)(F)COc2c(F)c(Br)c(F)c(OCC(F)(F)C(F)(F)C(F)(F)C(F)(F)COc3c(F)c(F)c(F)c(C=C)c3F)c2F)c1F. The molecule has 0 unspecified atom stereocenters. The minimum absolute atomic E-state index is 0.0299. The van der Waals surface area contributed by atoms with Crippen LogP contribution in [-0.4, -0.2) is 73.8 Å². The summed E-state index contributed by atoms with van der Waals surface area (Å²) < 4.78 is 398. The van der Waals surface area contributed by atoms with Crippen LogP contribution in [0.4, 0.5) is 119 Å². The molecule has 3 aromatic carbocycles. The number of halogens is 28. The molecular formula is C34H14BrF27O4. The Balaban J connectivity index is 1.90. The van der Waals surface area contributed by atoms with E-state index in [1.165, 1.54) is 0 Å². The van der Waals surface area contributed by atoms with Gasteiger partial charge in [-0.3, -0.25) is 0 Å². The number of benzene rings is 3. The fourth-order valence-corrected chi connectivity index (χ4v) is 5.01. The van der Waals surface area contributed by atoms with E-state index in [-0.39, 0.29) is 12.2 Å². The van der Waals surface area contributed by atoms with Gasteiger partial charge in [0.1, 0.15) is 0 Å². The molecule has 0 spiro atoms. The van der Waals surface area contributed by atoms with E-state index < -0.39 is 176 Å². The van der Waals surface area contributed by atoms with Gasteiger partial charge >= 0.3 is 47.4 Å². The highest BCUT2D eigenvalue weighted by molar-refractivity contribution is 9.10. The van der Waals surface area contributed by atoms with Crippen molar-refractivity contribution in [1.29, 1.82) is 0 Å². The summed E-state index contributed by atoms with van der Waals surface area (Å²) in [5, 5.41) is 0. The minimum Gasteiger partial charge on any atom is -0.481 e. The van der Waals surface area contributed by atoms with E-state index in [2.05, 4.69) is 32.1 Å². The van der Waals surface area contributed by atoms with E-state index in [4.69, 9.17) is 0 Å². The van der Waals surface area contributed by atoms with Gasteiger partial charge in [0.2, 0.25) is 17.5 Å². The third-order valence-corrected chi connectivity index (χ3v) is 9.02. The molecule has 32 heteroatoms. The van der Waals surface area contributed by atoms with Crippen molar-refractivity contribution in [3.63, 3.8) is 0 Å². The highest BCUT2D eigenvalue weighted by Crippen LogP contribution is 2.55. The summed E-state index contributed by atoms with van der Waals surface area (Å²) in [5.74, 6) is -98.9. The van der Waals surface area contributed by atoms with Crippen molar-refractivity contribution < 1.29 is 137 Å². The van der Waals surface area contributed by atoms with Gasteiger partial charge in [-0.2, -0.15) is 83.4 Å². The first-order valence-corrected chi connectivity index (χ1v) is 16.9. The van der Waals surface area contributed by atoms with Crippen LogP contribution < -0.4 is 18.9 Å². The molecular weight excluding hydrogens is 1070 g/mol. The minimum atomic E-state index is -7.62. The molecule has 3 rings (SSSR count). The van der Waals surface area contributed by atoms with Gasteiger partial charge in [-0.25, -0.2) is 35.1 Å². The Bertz CT molecular complexity index is 2230. The van der Waals surface area contributed by atoms with Crippen LogP contribution in [0.25, 0.3) is 12.2 Å². The lowest BCUT2D eigenvalue weighted by atomic mass is 9.99. The average Bonchev–Trinajstić information content (AvgIpc) is 3.21. The fraction of sp³-hybridized carbons (Fsp3) is 0.353. The number of ether oxygens (including phenoxy) is 4. The summed E-state index contributed by atoms with van der Waals surface area (Å²) in [6, 6.07) is 0. The summed E-state index contributed by atoms with van der Waals surface area (Å²) in [5.41, 5.74) is -3.45. The average molecular weight is 1080 g/mol. The molecule has 4 nitrogen and oxygen atoms in total. The molecule has 0 saturated carbocycles. The summed E-state index contributed by atoms with van der Waals surface area (Å²) in [4.78, 5) is 0. The van der Waals surface area contributed by atoms with E-state index in [0.29, 0.717) is 0 Å². The van der Waals surface area contributed by atoms with E-state index >= 15 is 4.39 Å². The molecule has 0 N–H and O–H groups in total. The predicted molar refractivity (Wildman–Crippen MR) is 168 cm³/mol. The zero-order valence-corrected chi connectivity index (χ0v) is 32.2. The lowest BCUT2D eigenvalue weighted by molar-refractivity contribution is -0.372. The summed E-state index contributed by atoms with van der Waals surface area (Å²) in [7, 11) is 0. The smallest absolute Gasteiger partial charge is 0.381 e. The molecule has 0 aliphatic rings. The van der Waals surface area contributed by atoms with Gasteiger partial charge in [-0.1, -0.05) is 25.3 Å². The van der Waals surface area contributed by atoms with Gasteiger partial charge in [0.15, 0.2) is 96.0 Å². The Labute approximate surface area is 355 Å². The zero-order valence-electron chi connectivity index (χ0n) is 30.6. The number of hydrogen-bond acceptors (Lipinski definition) is 4. The molecule has 66 heavy (non-hydrogen) atoms. The molecule has 0 radical (unpaired) electrons. The molecule has 0 heterocycles. The van der Waals surface area contributed by atoms with Gasteiger partial charge in [0, 0.05) is 0 Å². The Kier molecular flexibility index (Phi) is 15.2. The third-order valence-electron chi connectivity index (χ3n) is 8.32. The van der Waals surface area contributed by atoms with Crippen molar-refractivity contribution in [3.8, 4) is 23.0 Å². The lowest BCUT2D eigenvalue weighted by Crippen LogP contribution is -2.65. The molecule has 0 amide bonds. The van der Waals surface area contributed by atoms with Gasteiger partial charge in [-0.05, 0) is 15.9 Å². The topological polar surface area (TPSA) is 36.9 Å². The van der Waals surface area contributed by atoms with Crippen molar-refractivity contribution in [2.75, 3.05) is 26.4 Å². The first-order valence-electron chi connectivity index (χ1n) is 16.1. The van der Waals surface area contributed by atoms with Crippen LogP contribution in [0.15, 0.2) is 17.6 Å². The summed E-state index contributed by atoms with van der Waals surface area (Å²) in [6.45, 7) is -9.01. The van der Waals surface area contributed by atoms with E-state index in [0.717, 1.165) is 0 Å². The lowest BCUT2D eigenvalue weighted by Gasteiger charge is -2.36. The van der Waals surface area contributed by atoms with Crippen LogP contribution in [0.3, 0.4) is 0 Å². The number of rotatable bonds is 20. The predicted octanol–water partition coefficient (Wildman–Crippen LogP) is 13.3. The number of hydrogen-bond donors (Lipinski definition) is 0. The normalized spacial score (nSPS) is 13.5. The second-order valence-electron chi connectivity index (χ2n) is 12.6. The number of alkyl halides is 16. The van der Waals surface area contributed by atoms with E-state index in [1.807, 2.05) is 0 Å². The monoisotopic (exact) mass is 1080 g/mol. The highest BCUT2D eigenvalue weighted by Gasteiger charge is 2.82. The maximum atomic E-state index is 15.0. The largest absolute Gasteiger partial charge is 0.481 e. The molecule has 0 fully saturated rings. The maximum absolute atomic E-state index is 15.0. The van der Waals surface area contributed by atoms with Gasteiger partial charge in [0.05, 0.1) is 15.6 Å². The Morgan fingerprint density at radius 3 is 0.742 bits per heavy atom. The maximum Gasteiger partial charge on any atom is 0.381 e. The highest BCUT2D eigenvalue weighted by atomic mass is 79.9. The van der Waals surface area contributed by atoms with Crippen molar-refractivity contribution in [1.82, 2.24) is 0 Å². The molecule has 0 atom stereocenters. The van der Waals surface area contributed by atoms with Crippen molar-refractivity contribution >= 4 is 28.1 Å². The van der Waals surface area contributed by atoms with Crippen LogP contribution in [0.2, 0.25) is 0 Å². The first kappa shape index (κ1) is 55.3. The molecule has 0 saturated heterocycles. The Morgan fingerprint density at radius 2 is 0.530 bits per heavy atom. The molecule has 0 bridgehead atoms. The zero-order chi connectivity index (χ0) is 51.5. The fourth-order valence-electron chi connectivity index (χ4n) is 4.65. The van der Waals surface area contributed by atoms with Gasteiger partial charge in [0.25, 0.3) is 0 Å². The quantitative estimate of drug-likeness (QED) is 0.0642. The molecule has 0 aliphatic carbocycles. The van der Waals surface area contributed by atoms with Gasteiger partial charge in [-0.15, -0.1) is 0 Å². The van der Waals surface area contributed by atoms with Crippen LogP contribution >= 0.6 is 15.9 Å². The van der Waals surface area contributed by atoms with Gasteiger partial charge < -0.3 is 18.9 Å². The van der Waals surface area contributed by atoms with Crippen molar-refractivity contribution in [2.45, 2.75) is 47.4 Å². The Hall–Kier alpha value is -5.07. The van der Waals surface area contributed by atoms with Crippen LogP contribution in [0.1, 0.15) is 11.1 Å². The summed E-state index contributed by atoms with van der Waals surface area (Å²) >= 11 is 1.76. The third kappa shape index (κ3) is 8.92. The summed E-state index contributed by atoms with van der Waals surface area (Å²) in [6.07, 6.45) is 0.0598. The second kappa shape index (κ2) is 18.2. The molecule has 370 valence electrons. The van der Waals surface area contributed by atoms with Crippen LogP contribution in [-0.2, 0) is 0 Å². The second-order valence-corrected chi connectivity index (χ2v) is 13.4. The van der Waals surface area contributed by atoms with Crippen molar-refractivity contribution in [3.05, 3.63) is 92.7 Å².